The second-order valence-corrected chi connectivity index (χ2v) is 6.29. The Morgan fingerprint density at radius 2 is 1.75 bits per heavy atom. The average Bonchev–Trinajstić information content (AvgIpc) is 2.53. The summed E-state index contributed by atoms with van der Waals surface area (Å²) in [5.74, 6) is -0.879. The van der Waals surface area contributed by atoms with E-state index in [1.54, 1.807) is 4.90 Å². The van der Waals surface area contributed by atoms with Gasteiger partial charge in [-0.3, -0.25) is 9.59 Å². The second kappa shape index (κ2) is 7.23. The van der Waals surface area contributed by atoms with Crippen molar-refractivity contribution in [2.24, 2.45) is 11.8 Å². The lowest BCUT2D eigenvalue weighted by atomic mass is 9.95. The number of nitrogens with one attached hydrogen (secondary N) is 1. The maximum Gasteiger partial charge on any atom is 0.418 e. The van der Waals surface area contributed by atoms with Crippen LogP contribution in [0.2, 0.25) is 0 Å². The smallest absolute Gasteiger partial charge is 0.342 e. The zero-order valence-electron chi connectivity index (χ0n) is 13.7. The molecule has 0 spiro atoms. The van der Waals surface area contributed by atoms with Gasteiger partial charge in [0.2, 0.25) is 11.8 Å². The van der Waals surface area contributed by atoms with Crippen LogP contribution in [-0.4, -0.2) is 29.8 Å². The van der Waals surface area contributed by atoms with Gasteiger partial charge in [-0.25, -0.2) is 0 Å². The number of rotatable bonds is 3. The highest BCUT2D eigenvalue weighted by Crippen LogP contribution is 2.35. The second-order valence-electron chi connectivity index (χ2n) is 6.29. The summed E-state index contributed by atoms with van der Waals surface area (Å²) in [7, 11) is 0. The van der Waals surface area contributed by atoms with Crippen molar-refractivity contribution in [1.82, 2.24) is 4.90 Å². The van der Waals surface area contributed by atoms with Crippen LogP contribution in [0.3, 0.4) is 0 Å². The van der Waals surface area contributed by atoms with E-state index in [1.807, 2.05) is 13.8 Å². The molecule has 1 aromatic carbocycles. The molecule has 7 heteroatoms. The number of piperidine rings is 1. The van der Waals surface area contributed by atoms with Crippen molar-refractivity contribution in [3.05, 3.63) is 29.8 Å². The molecule has 1 saturated heterocycles. The Hall–Kier alpha value is -2.05. The molecule has 0 saturated carbocycles. The van der Waals surface area contributed by atoms with E-state index in [9.17, 15) is 22.8 Å². The molecule has 1 aliphatic rings. The van der Waals surface area contributed by atoms with Crippen molar-refractivity contribution in [1.29, 1.82) is 0 Å². The van der Waals surface area contributed by atoms with Gasteiger partial charge < -0.3 is 10.2 Å². The van der Waals surface area contributed by atoms with E-state index >= 15 is 0 Å². The van der Waals surface area contributed by atoms with Gasteiger partial charge in [-0.05, 0) is 25.0 Å². The van der Waals surface area contributed by atoms with Crippen LogP contribution in [0.4, 0.5) is 18.9 Å². The Morgan fingerprint density at radius 1 is 1.17 bits per heavy atom. The first kappa shape index (κ1) is 18.3. The van der Waals surface area contributed by atoms with E-state index in [1.165, 1.54) is 18.2 Å². The van der Waals surface area contributed by atoms with Crippen molar-refractivity contribution >= 4 is 17.5 Å². The molecule has 0 bridgehead atoms. The molecule has 1 N–H and O–H groups in total. The molecule has 1 aliphatic heterocycles. The average molecular weight is 342 g/mol. The fourth-order valence-electron chi connectivity index (χ4n) is 2.80. The fraction of sp³-hybridized carbons (Fsp3) is 0.529. The summed E-state index contributed by atoms with van der Waals surface area (Å²) in [5.41, 5.74) is -1.08. The number of carbonyl (C=O) groups is 2. The van der Waals surface area contributed by atoms with Crippen LogP contribution in [0.15, 0.2) is 24.3 Å². The minimum atomic E-state index is -4.52. The normalized spacial score (nSPS) is 16.3. The Morgan fingerprint density at radius 3 is 2.29 bits per heavy atom. The lowest BCUT2D eigenvalue weighted by molar-refractivity contribution is -0.138. The molecular formula is C17H21F3N2O2. The van der Waals surface area contributed by atoms with E-state index in [-0.39, 0.29) is 23.4 Å². The lowest BCUT2D eigenvalue weighted by Gasteiger charge is -2.32. The number of hydrogen-bond acceptors (Lipinski definition) is 2. The number of likely N-dealkylation sites (tertiary alicyclic amines) is 1. The zero-order valence-corrected chi connectivity index (χ0v) is 13.7. The largest absolute Gasteiger partial charge is 0.418 e. The molecule has 1 aromatic rings. The molecule has 24 heavy (non-hydrogen) atoms. The third kappa shape index (κ3) is 4.27. The number of nitrogens with zero attached hydrogens (tertiary/aromatic N) is 1. The molecule has 1 heterocycles. The summed E-state index contributed by atoms with van der Waals surface area (Å²) < 4.78 is 38.9. The van der Waals surface area contributed by atoms with E-state index in [0.717, 1.165) is 6.07 Å². The number of anilines is 1. The third-order valence-corrected chi connectivity index (χ3v) is 4.16. The van der Waals surface area contributed by atoms with Gasteiger partial charge in [-0.1, -0.05) is 26.0 Å². The van der Waals surface area contributed by atoms with Crippen LogP contribution in [0.25, 0.3) is 0 Å². The quantitative estimate of drug-likeness (QED) is 0.913. The molecule has 2 amide bonds. The molecule has 2 rings (SSSR count). The number of benzene rings is 1. The first-order valence-corrected chi connectivity index (χ1v) is 7.96. The SMILES string of the molecule is CC(C)C(=O)N1CCC(C(=O)Nc2ccccc2C(F)(F)F)CC1. The van der Waals surface area contributed by atoms with Gasteiger partial charge in [-0.15, -0.1) is 0 Å². The summed E-state index contributed by atoms with van der Waals surface area (Å²) in [6.07, 6.45) is -3.60. The van der Waals surface area contributed by atoms with Gasteiger partial charge in [-0.2, -0.15) is 13.2 Å². The van der Waals surface area contributed by atoms with Gasteiger partial charge >= 0.3 is 6.18 Å². The van der Waals surface area contributed by atoms with Crippen molar-refractivity contribution in [3.63, 3.8) is 0 Å². The fourth-order valence-corrected chi connectivity index (χ4v) is 2.80. The zero-order chi connectivity index (χ0) is 17.9. The summed E-state index contributed by atoms with van der Waals surface area (Å²) in [4.78, 5) is 25.9. The molecule has 132 valence electrons. The van der Waals surface area contributed by atoms with Crippen molar-refractivity contribution in [3.8, 4) is 0 Å². The highest BCUT2D eigenvalue weighted by molar-refractivity contribution is 5.93. The van der Waals surface area contributed by atoms with E-state index in [0.29, 0.717) is 25.9 Å². The van der Waals surface area contributed by atoms with Crippen LogP contribution in [0.1, 0.15) is 32.3 Å². The van der Waals surface area contributed by atoms with Crippen LogP contribution >= 0.6 is 0 Å². The van der Waals surface area contributed by atoms with Crippen molar-refractivity contribution < 1.29 is 22.8 Å². The van der Waals surface area contributed by atoms with Gasteiger partial charge in [0.05, 0.1) is 11.3 Å². The minimum absolute atomic E-state index is 0.0382. The van der Waals surface area contributed by atoms with Gasteiger partial charge in [0.15, 0.2) is 0 Å². The highest BCUT2D eigenvalue weighted by atomic mass is 19.4. The number of hydrogen-bond donors (Lipinski definition) is 1. The van der Waals surface area contributed by atoms with Gasteiger partial charge in [0.25, 0.3) is 0 Å². The maximum atomic E-state index is 13.0. The van der Waals surface area contributed by atoms with Crippen LogP contribution in [0, 0.1) is 11.8 Å². The van der Waals surface area contributed by atoms with Crippen molar-refractivity contribution in [2.75, 3.05) is 18.4 Å². The first-order valence-electron chi connectivity index (χ1n) is 7.96. The molecule has 0 unspecified atom stereocenters. The maximum absolute atomic E-state index is 13.0. The number of halogens is 3. The molecule has 1 fully saturated rings. The summed E-state index contributed by atoms with van der Waals surface area (Å²) in [6, 6.07) is 4.93. The Labute approximate surface area is 139 Å². The predicted molar refractivity (Wildman–Crippen MR) is 84.2 cm³/mol. The van der Waals surface area contributed by atoms with Crippen molar-refractivity contribution in [2.45, 2.75) is 32.9 Å². The van der Waals surface area contributed by atoms with Gasteiger partial charge in [0.1, 0.15) is 0 Å². The number of alkyl halides is 3. The van der Waals surface area contributed by atoms with Crippen LogP contribution in [0.5, 0.6) is 0 Å². The Bertz CT molecular complexity index is 606. The monoisotopic (exact) mass is 342 g/mol. The number of para-hydroxylation sites is 1. The summed E-state index contributed by atoms with van der Waals surface area (Å²) >= 11 is 0. The first-order chi connectivity index (χ1) is 11.2. The molecule has 0 atom stereocenters. The van der Waals surface area contributed by atoms with E-state index < -0.39 is 17.6 Å². The van der Waals surface area contributed by atoms with E-state index in [2.05, 4.69) is 5.32 Å². The Balaban J connectivity index is 1.99. The predicted octanol–water partition coefficient (Wildman–Crippen LogP) is 3.54. The minimum Gasteiger partial charge on any atom is -0.342 e. The molecule has 0 radical (unpaired) electrons. The number of amides is 2. The standard InChI is InChI=1S/C17H21F3N2O2/c1-11(2)16(24)22-9-7-12(8-10-22)15(23)21-14-6-4-3-5-13(14)17(18,19)20/h3-6,11-12H,7-10H2,1-2H3,(H,21,23). The van der Waals surface area contributed by atoms with Crippen LogP contribution in [-0.2, 0) is 15.8 Å². The highest BCUT2D eigenvalue weighted by Gasteiger charge is 2.34. The summed E-state index contributed by atoms with van der Waals surface area (Å²) in [5, 5.41) is 2.39. The van der Waals surface area contributed by atoms with Crippen LogP contribution < -0.4 is 5.32 Å². The molecule has 0 aliphatic carbocycles. The topological polar surface area (TPSA) is 49.4 Å². The molecular weight excluding hydrogens is 321 g/mol. The molecule has 0 aromatic heterocycles. The number of carbonyl (C=O) groups excluding carboxylic acids is 2. The van der Waals surface area contributed by atoms with E-state index in [4.69, 9.17) is 0 Å². The third-order valence-electron chi connectivity index (χ3n) is 4.16. The Kier molecular flexibility index (Phi) is 5.51. The van der Waals surface area contributed by atoms with Gasteiger partial charge in [0, 0.05) is 24.9 Å². The lowest BCUT2D eigenvalue weighted by Crippen LogP contribution is -2.43. The molecule has 4 nitrogen and oxygen atoms in total. The summed E-state index contributed by atoms with van der Waals surface area (Å²) in [6.45, 7) is 4.54.